The molecule has 2 unspecified atom stereocenters. The molecule has 0 N–H and O–H groups in total. The molecule has 0 fully saturated rings. The van der Waals surface area contributed by atoms with Crippen molar-refractivity contribution < 1.29 is 9.36 Å². The van der Waals surface area contributed by atoms with E-state index in [0.29, 0.717) is 6.29 Å². The van der Waals surface area contributed by atoms with E-state index >= 15 is 0 Å². The molecule has 0 saturated carbocycles. The molecule has 10 heavy (non-hydrogen) atoms. The molecule has 2 atom stereocenters. The third kappa shape index (κ3) is 1.98. The molecule has 0 aromatic rings. The van der Waals surface area contributed by atoms with Crippen LogP contribution in [0.2, 0.25) is 0 Å². The van der Waals surface area contributed by atoms with Gasteiger partial charge in [0.2, 0.25) is 0 Å². The molecular formula is C5H9Cl2O2P. The molecule has 0 heterocycles. The van der Waals surface area contributed by atoms with E-state index in [9.17, 15) is 9.36 Å². The van der Waals surface area contributed by atoms with Gasteiger partial charge < -0.3 is 9.36 Å². The summed E-state index contributed by atoms with van der Waals surface area (Å²) in [6.07, 6.45) is 0.549. The van der Waals surface area contributed by atoms with E-state index in [4.69, 9.17) is 22.8 Å². The van der Waals surface area contributed by atoms with Crippen LogP contribution in [0.25, 0.3) is 0 Å². The Balaban J connectivity index is 4.66. The van der Waals surface area contributed by atoms with Gasteiger partial charge in [-0.1, -0.05) is 11.2 Å². The number of halogens is 2. The molecule has 2 nitrogen and oxygen atoms in total. The van der Waals surface area contributed by atoms with Crippen molar-refractivity contribution >= 4 is 35.6 Å². The fraction of sp³-hybridized carbons (Fsp3) is 0.800. The molecule has 60 valence electrons. The zero-order valence-electron chi connectivity index (χ0n) is 5.80. The van der Waals surface area contributed by atoms with Crippen LogP contribution in [0.15, 0.2) is 0 Å². The Kier molecular flexibility index (Phi) is 3.41. The van der Waals surface area contributed by atoms with Crippen molar-refractivity contribution in [2.24, 2.45) is 0 Å². The van der Waals surface area contributed by atoms with Crippen molar-refractivity contribution in [3.63, 3.8) is 0 Å². The lowest BCUT2D eigenvalue weighted by Gasteiger charge is -2.21. The van der Waals surface area contributed by atoms with E-state index in [-0.39, 0.29) is 5.88 Å². The molecule has 0 rings (SSSR count). The molecule has 0 bridgehead atoms. The highest BCUT2D eigenvalue weighted by Crippen LogP contribution is 2.58. The van der Waals surface area contributed by atoms with Crippen LogP contribution in [-0.4, -0.2) is 24.0 Å². The number of hydrogen-bond donors (Lipinski definition) is 0. The van der Waals surface area contributed by atoms with E-state index in [2.05, 4.69) is 0 Å². The van der Waals surface area contributed by atoms with Crippen LogP contribution in [0, 0.1) is 0 Å². The number of carbonyl (C=O) groups excluding carboxylic acids is 1. The highest BCUT2D eigenvalue weighted by Gasteiger charge is 2.38. The second kappa shape index (κ2) is 3.25. The Morgan fingerprint density at radius 1 is 1.70 bits per heavy atom. The third-order valence-corrected chi connectivity index (χ3v) is 5.43. The van der Waals surface area contributed by atoms with Crippen LogP contribution < -0.4 is 0 Å². The number of aldehydes is 1. The summed E-state index contributed by atoms with van der Waals surface area (Å²) in [5, 5.41) is -1.07. The van der Waals surface area contributed by atoms with Crippen LogP contribution in [0.4, 0.5) is 0 Å². The maximum absolute atomic E-state index is 11.1. The average Bonchev–Trinajstić information content (AvgIpc) is 1.84. The summed E-state index contributed by atoms with van der Waals surface area (Å²) < 4.78 is 11.1. The van der Waals surface area contributed by atoms with Crippen molar-refractivity contribution in [1.29, 1.82) is 0 Å². The zero-order chi connectivity index (χ0) is 8.41. The number of rotatable bonds is 3. The number of hydrogen-bond acceptors (Lipinski definition) is 2. The second-order valence-electron chi connectivity index (χ2n) is 2.43. The molecule has 0 aliphatic heterocycles. The number of carbonyl (C=O) groups is 1. The molecule has 0 saturated heterocycles. The second-order valence-corrected chi connectivity index (χ2v) is 7.29. The van der Waals surface area contributed by atoms with Gasteiger partial charge >= 0.3 is 0 Å². The lowest BCUT2D eigenvalue weighted by Crippen LogP contribution is -2.26. The smallest absolute Gasteiger partial charge is 0.180 e. The molecule has 0 spiro atoms. The van der Waals surface area contributed by atoms with Crippen molar-refractivity contribution in [2.45, 2.75) is 12.1 Å². The lowest BCUT2D eigenvalue weighted by molar-refractivity contribution is -0.109. The van der Waals surface area contributed by atoms with E-state index < -0.39 is 11.7 Å². The Bertz CT molecular complexity index is 176. The highest BCUT2D eigenvalue weighted by atomic mass is 35.7. The van der Waals surface area contributed by atoms with Crippen LogP contribution in [0.5, 0.6) is 0 Å². The summed E-state index contributed by atoms with van der Waals surface area (Å²) in [5.74, 6) is -0.00617. The molecule has 0 aliphatic rings. The van der Waals surface area contributed by atoms with Gasteiger partial charge in [0.15, 0.2) is 6.49 Å². The largest absolute Gasteiger partial charge is 0.306 e. The molecule has 0 amide bonds. The Hall–Kier alpha value is 0.480. The topological polar surface area (TPSA) is 34.1 Å². The first-order valence-corrected chi connectivity index (χ1v) is 6.26. The zero-order valence-corrected chi connectivity index (χ0v) is 8.21. The van der Waals surface area contributed by atoms with Gasteiger partial charge in [0.25, 0.3) is 0 Å². The first-order chi connectivity index (χ1) is 4.37. The van der Waals surface area contributed by atoms with Gasteiger partial charge in [0, 0.05) is 12.5 Å². The average molecular weight is 203 g/mol. The SMILES string of the molecule is CC(C=O)(CCl)P(C)(=O)Cl. The minimum atomic E-state index is -2.92. The van der Waals surface area contributed by atoms with Crippen molar-refractivity contribution in [3.05, 3.63) is 0 Å². The van der Waals surface area contributed by atoms with Gasteiger partial charge in [-0.25, -0.2) is 0 Å². The molecule has 0 radical (unpaired) electrons. The first kappa shape index (κ1) is 10.5. The van der Waals surface area contributed by atoms with Gasteiger partial charge in [-0.15, -0.1) is 11.6 Å². The van der Waals surface area contributed by atoms with Gasteiger partial charge in [-0.05, 0) is 6.92 Å². The van der Waals surface area contributed by atoms with Crippen molar-refractivity contribution in [1.82, 2.24) is 0 Å². The Morgan fingerprint density at radius 2 is 2.10 bits per heavy atom. The Labute approximate surface area is 70.0 Å². The fourth-order valence-corrected chi connectivity index (χ4v) is 1.86. The van der Waals surface area contributed by atoms with E-state index in [0.717, 1.165) is 0 Å². The summed E-state index contributed by atoms with van der Waals surface area (Å²) in [4.78, 5) is 10.4. The molecular weight excluding hydrogens is 194 g/mol. The maximum atomic E-state index is 11.1. The summed E-state index contributed by atoms with van der Waals surface area (Å²) in [5.41, 5.74) is 0. The standard InChI is InChI=1S/C5H9Cl2O2P/c1-5(3-6,4-8)10(2,7)9/h4H,3H2,1-2H3. The Morgan fingerprint density at radius 3 is 2.10 bits per heavy atom. The van der Waals surface area contributed by atoms with Gasteiger partial charge in [-0.3, -0.25) is 0 Å². The van der Waals surface area contributed by atoms with Crippen molar-refractivity contribution in [2.75, 3.05) is 12.5 Å². The maximum Gasteiger partial charge on any atom is 0.180 e. The third-order valence-electron chi connectivity index (χ3n) is 1.44. The predicted octanol–water partition coefficient (Wildman–Crippen LogP) is 2.33. The molecule has 5 heteroatoms. The summed E-state index contributed by atoms with van der Waals surface area (Å²) in [6.45, 7) is -0.0900. The molecule has 0 aromatic heterocycles. The van der Waals surface area contributed by atoms with E-state index in [1.54, 1.807) is 0 Å². The minimum absolute atomic E-state index is 0.00617. The van der Waals surface area contributed by atoms with Gasteiger partial charge in [0.1, 0.15) is 11.4 Å². The van der Waals surface area contributed by atoms with Crippen LogP contribution in [0.3, 0.4) is 0 Å². The van der Waals surface area contributed by atoms with Crippen LogP contribution in [-0.2, 0) is 9.36 Å². The summed E-state index contributed by atoms with van der Waals surface area (Å²) >= 11 is 10.9. The minimum Gasteiger partial charge on any atom is -0.306 e. The normalized spacial score (nSPS) is 22.8. The monoisotopic (exact) mass is 202 g/mol. The summed E-state index contributed by atoms with van der Waals surface area (Å²) in [7, 11) is 0. The fourth-order valence-electron chi connectivity index (χ4n) is 0.232. The van der Waals surface area contributed by atoms with E-state index in [1.807, 2.05) is 0 Å². The lowest BCUT2D eigenvalue weighted by atomic mass is 10.2. The van der Waals surface area contributed by atoms with Crippen LogP contribution in [0.1, 0.15) is 6.92 Å². The predicted molar refractivity (Wildman–Crippen MR) is 44.6 cm³/mol. The molecule has 0 aromatic carbocycles. The first-order valence-electron chi connectivity index (χ1n) is 2.67. The summed E-state index contributed by atoms with van der Waals surface area (Å²) in [6, 6.07) is 0. The van der Waals surface area contributed by atoms with Gasteiger partial charge in [-0.2, -0.15) is 0 Å². The van der Waals surface area contributed by atoms with Crippen LogP contribution >= 0.6 is 29.3 Å². The number of alkyl halides is 1. The van der Waals surface area contributed by atoms with Gasteiger partial charge in [0.05, 0.1) is 0 Å². The quantitative estimate of drug-likeness (QED) is 0.400. The highest BCUT2D eigenvalue weighted by molar-refractivity contribution is 7.90. The van der Waals surface area contributed by atoms with Crippen molar-refractivity contribution in [3.8, 4) is 0 Å². The molecule has 0 aliphatic carbocycles. The van der Waals surface area contributed by atoms with E-state index in [1.165, 1.54) is 13.6 Å².